The van der Waals surface area contributed by atoms with Crippen LogP contribution in [-0.2, 0) is 4.79 Å². The Morgan fingerprint density at radius 2 is 1.85 bits per heavy atom. The van der Waals surface area contributed by atoms with Crippen LogP contribution in [0.1, 0.15) is 100 Å². The molecule has 0 aromatic heterocycles. The number of amides is 1. The van der Waals surface area contributed by atoms with Crippen LogP contribution in [0.3, 0.4) is 0 Å². The predicted molar refractivity (Wildman–Crippen MR) is 163 cm³/mol. The molecule has 1 fully saturated rings. The Kier molecular flexibility index (Phi) is 9.86. The van der Waals surface area contributed by atoms with Crippen LogP contribution in [0.5, 0.6) is 0 Å². The summed E-state index contributed by atoms with van der Waals surface area (Å²) in [7, 11) is 0. The third-order valence-electron chi connectivity index (χ3n) is 8.76. The van der Waals surface area contributed by atoms with Crippen LogP contribution in [0.15, 0.2) is 59.1 Å². The zero-order valence-electron chi connectivity index (χ0n) is 24.6. The van der Waals surface area contributed by atoms with Crippen molar-refractivity contribution in [2.75, 3.05) is 13.2 Å². The molecule has 7 heteroatoms. The van der Waals surface area contributed by atoms with Crippen LogP contribution >= 0.6 is 11.6 Å². The summed E-state index contributed by atoms with van der Waals surface area (Å²) in [6.45, 7) is 9.40. The highest BCUT2D eigenvalue weighted by Crippen LogP contribution is 2.48. The molecule has 0 radical (unpaired) electrons. The van der Waals surface area contributed by atoms with E-state index in [-0.39, 0.29) is 40.4 Å². The van der Waals surface area contributed by atoms with Crippen LogP contribution in [-0.4, -0.2) is 41.2 Å². The van der Waals surface area contributed by atoms with Crippen molar-refractivity contribution in [1.29, 1.82) is 0 Å². The van der Waals surface area contributed by atoms with E-state index in [1.165, 1.54) is 12.1 Å². The minimum absolute atomic E-state index is 0.0201. The van der Waals surface area contributed by atoms with Crippen LogP contribution in [0.2, 0.25) is 5.02 Å². The van der Waals surface area contributed by atoms with Crippen molar-refractivity contribution in [3.63, 3.8) is 0 Å². The molecule has 1 unspecified atom stereocenters. The molecule has 41 heavy (non-hydrogen) atoms. The van der Waals surface area contributed by atoms with Gasteiger partial charge in [-0.2, -0.15) is 0 Å². The largest absolute Gasteiger partial charge is 0.396 e. The summed E-state index contributed by atoms with van der Waals surface area (Å²) in [6.07, 6.45) is 7.41. The second-order valence-corrected chi connectivity index (χ2v) is 13.1. The summed E-state index contributed by atoms with van der Waals surface area (Å²) in [5, 5.41) is 12.0. The summed E-state index contributed by atoms with van der Waals surface area (Å²) >= 11 is 6.20. The van der Waals surface area contributed by atoms with Crippen molar-refractivity contribution in [3.8, 4) is 0 Å². The molecule has 2 aliphatic rings. The number of benzene rings is 2. The van der Waals surface area contributed by atoms with Gasteiger partial charge in [0.1, 0.15) is 11.5 Å². The van der Waals surface area contributed by atoms with Gasteiger partial charge in [-0.15, -0.1) is 0 Å². The minimum atomic E-state index is -0.492. The first kappa shape index (κ1) is 31.1. The van der Waals surface area contributed by atoms with Crippen molar-refractivity contribution in [3.05, 3.63) is 81.6 Å². The molecule has 2 N–H and O–H groups in total. The lowest BCUT2D eigenvalue weighted by Gasteiger charge is -2.43. The summed E-state index contributed by atoms with van der Waals surface area (Å²) in [6, 6.07) is 11.7. The maximum absolute atomic E-state index is 14.4. The number of halogens is 2. The highest BCUT2D eigenvalue weighted by atomic mass is 35.5. The third kappa shape index (κ3) is 7.52. The summed E-state index contributed by atoms with van der Waals surface area (Å²) < 4.78 is 14.4. The van der Waals surface area contributed by atoms with Crippen LogP contribution < -0.4 is 5.32 Å². The average molecular weight is 581 g/mol. The number of hydrogen-bond donors (Lipinski definition) is 2. The molecule has 220 valence electrons. The second kappa shape index (κ2) is 13.0. The topological polar surface area (TPSA) is 78.8 Å². The lowest BCUT2D eigenvalue weighted by Crippen LogP contribution is -2.37. The fourth-order valence-electron chi connectivity index (χ4n) is 6.39. The van der Waals surface area contributed by atoms with E-state index in [2.05, 4.69) is 33.0 Å². The Balaban J connectivity index is 1.69. The maximum Gasteiger partial charge on any atom is 0.251 e. The highest BCUT2D eigenvalue weighted by molar-refractivity contribution is 6.50. The fourth-order valence-corrected chi connectivity index (χ4v) is 6.61. The number of aliphatic hydroxyl groups excluding tert-OH is 1. The summed E-state index contributed by atoms with van der Waals surface area (Å²) in [5.74, 6) is -0.347. The standard InChI is InChI=1S/C34H42ClFN2O3/c1-5-29(22-7-9-23(10-8-22)32(41)37-15-6-16-39)25-19-30(40)31(24-17-27(35)20-28(36)18-24)38-34(21-25)13-11-26(12-14-34)33(2,3)4/h7-10,17-20,26,29,39H,5-6,11-16,21H2,1-4H3,(H,37,41). The molecule has 1 spiro atoms. The van der Waals surface area contributed by atoms with Crippen LogP contribution in [0, 0.1) is 17.2 Å². The molecule has 0 bridgehead atoms. The van der Waals surface area contributed by atoms with Crippen molar-refractivity contribution in [1.82, 2.24) is 5.32 Å². The maximum atomic E-state index is 14.4. The number of nitrogens with one attached hydrogen (secondary N) is 1. The van der Waals surface area contributed by atoms with Crippen LogP contribution in [0.25, 0.3) is 0 Å². The molecule has 1 aliphatic heterocycles. The quantitative estimate of drug-likeness (QED) is 0.318. The highest BCUT2D eigenvalue weighted by Gasteiger charge is 2.42. The number of carbonyl (C=O) groups is 2. The van der Waals surface area contributed by atoms with Gasteiger partial charge in [0.15, 0.2) is 0 Å². The second-order valence-electron chi connectivity index (χ2n) is 12.7. The van der Waals surface area contributed by atoms with Crippen molar-refractivity contribution in [2.24, 2.45) is 16.3 Å². The molecule has 1 heterocycles. The van der Waals surface area contributed by atoms with Crippen molar-refractivity contribution < 1.29 is 19.1 Å². The van der Waals surface area contributed by atoms with Gasteiger partial charge in [0, 0.05) is 35.2 Å². The fraction of sp³-hybridized carbons (Fsp3) is 0.500. The molecule has 5 nitrogen and oxygen atoms in total. The first-order valence-electron chi connectivity index (χ1n) is 14.7. The first-order valence-corrected chi connectivity index (χ1v) is 15.1. The van der Waals surface area contributed by atoms with Gasteiger partial charge < -0.3 is 10.4 Å². The Labute approximate surface area is 248 Å². The SMILES string of the molecule is CCC(C1=CC(=O)C(c2cc(F)cc(Cl)c2)=NC2(CCC(C(C)(C)C)CC2)C1)c1ccc(C(=O)NCCCO)cc1. The Hall–Kier alpha value is -2.83. The molecule has 2 aromatic carbocycles. The minimum Gasteiger partial charge on any atom is -0.396 e. The number of aliphatic hydroxyl groups is 1. The average Bonchev–Trinajstić information content (AvgIpc) is 3.05. The van der Waals surface area contributed by atoms with Gasteiger partial charge >= 0.3 is 0 Å². The number of nitrogens with zero attached hydrogens (tertiary/aromatic N) is 1. The van der Waals surface area contributed by atoms with Gasteiger partial charge in [0.2, 0.25) is 5.78 Å². The smallest absolute Gasteiger partial charge is 0.251 e. The Morgan fingerprint density at radius 3 is 2.44 bits per heavy atom. The van der Waals surface area contributed by atoms with E-state index in [0.717, 1.165) is 43.2 Å². The van der Waals surface area contributed by atoms with E-state index in [9.17, 15) is 14.0 Å². The van der Waals surface area contributed by atoms with Gasteiger partial charge in [-0.05, 0) is 98.2 Å². The number of aliphatic imine (C=N–C) groups is 1. The number of ketones is 1. The van der Waals surface area contributed by atoms with Gasteiger partial charge in [-0.1, -0.05) is 57.0 Å². The Morgan fingerprint density at radius 1 is 1.17 bits per heavy atom. The number of hydrogen-bond acceptors (Lipinski definition) is 4. The van der Waals surface area contributed by atoms with E-state index < -0.39 is 11.4 Å². The normalized spacial score (nSPS) is 22.1. The van der Waals surface area contributed by atoms with Crippen molar-refractivity contribution in [2.45, 2.75) is 84.1 Å². The monoisotopic (exact) mass is 580 g/mol. The summed E-state index contributed by atoms with van der Waals surface area (Å²) in [5.41, 5.74) is 3.05. The molecule has 2 aromatic rings. The molecule has 1 aliphatic carbocycles. The lowest BCUT2D eigenvalue weighted by atomic mass is 9.65. The van der Waals surface area contributed by atoms with E-state index in [1.807, 2.05) is 24.3 Å². The van der Waals surface area contributed by atoms with Crippen LogP contribution in [0.4, 0.5) is 4.39 Å². The van der Waals surface area contributed by atoms with Gasteiger partial charge in [-0.3, -0.25) is 14.6 Å². The molecular weight excluding hydrogens is 539 g/mol. The predicted octanol–water partition coefficient (Wildman–Crippen LogP) is 7.45. The molecular formula is C34H42ClFN2O3. The molecule has 1 amide bonds. The number of rotatable bonds is 8. The van der Waals surface area contributed by atoms with Gasteiger partial charge in [-0.25, -0.2) is 4.39 Å². The zero-order valence-corrected chi connectivity index (χ0v) is 25.4. The third-order valence-corrected chi connectivity index (χ3v) is 8.98. The lowest BCUT2D eigenvalue weighted by molar-refractivity contribution is -0.108. The number of carbonyl (C=O) groups excluding carboxylic acids is 2. The Bertz CT molecular complexity index is 1300. The van der Waals surface area contributed by atoms with E-state index >= 15 is 0 Å². The number of allylic oxidation sites excluding steroid dienone is 1. The first-order chi connectivity index (χ1) is 19.4. The van der Waals surface area contributed by atoms with Gasteiger partial charge in [0.05, 0.1) is 5.54 Å². The van der Waals surface area contributed by atoms with E-state index in [1.54, 1.807) is 12.1 Å². The molecule has 4 rings (SSSR count). The van der Waals surface area contributed by atoms with E-state index in [0.29, 0.717) is 36.4 Å². The molecule has 1 atom stereocenters. The molecule has 1 saturated carbocycles. The molecule has 0 saturated heterocycles. The van der Waals surface area contributed by atoms with Crippen molar-refractivity contribution >= 4 is 29.0 Å². The zero-order chi connectivity index (χ0) is 29.8. The summed E-state index contributed by atoms with van der Waals surface area (Å²) in [4.78, 5) is 31.4. The van der Waals surface area contributed by atoms with E-state index in [4.69, 9.17) is 21.7 Å². The van der Waals surface area contributed by atoms with Gasteiger partial charge in [0.25, 0.3) is 5.91 Å².